The Bertz CT molecular complexity index is 853. The standard InChI is InChI=1S/C16H12F2N2O/c17-9-4-7-11(14(21)8-9)16-19-15-12(18)2-1-3-13(15)20(16)10-5-6-10/h1-4,7-8,10,21H,5-6H2. The molecule has 0 radical (unpaired) electrons. The first-order chi connectivity index (χ1) is 10.1. The van der Waals surface area contributed by atoms with Crippen LogP contribution in [-0.2, 0) is 0 Å². The molecule has 0 unspecified atom stereocenters. The lowest BCUT2D eigenvalue weighted by Crippen LogP contribution is -1.97. The van der Waals surface area contributed by atoms with Gasteiger partial charge in [-0.05, 0) is 37.1 Å². The molecule has 2 aromatic carbocycles. The van der Waals surface area contributed by atoms with E-state index in [4.69, 9.17) is 0 Å². The van der Waals surface area contributed by atoms with Crippen molar-refractivity contribution in [2.24, 2.45) is 0 Å². The van der Waals surface area contributed by atoms with Crippen LogP contribution in [0.4, 0.5) is 8.78 Å². The Labute approximate surface area is 119 Å². The average molecular weight is 286 g/mol. The number of nitrogens with zero attached hydrogens (tertiary/aromatic N) is 2. The van der Waals surface area contributed by atoms with E-state index in [2.05, 4.69) is 4.98 Å². The molecular formula is C16H12F2N2O. The van der Waals surface area contributed by atoms with Crippen LogP contribution in [0.1, 0.15) is 18.9 Å². The largest absolute Gasteiger partial charge is 0.507 e. The number of benzene rings is 2. The Hall–Kier alpha value is -2.43. The van der Waals surface area contributed by atoms with Gasteiger partial charge in [0.05, 0.1) is 11.1 Å². The van der Waals surface area contributed by atoms with Crippen molar-refractivity contribution in [2.45, 2.75) is 18.9 Å². The number of aromatic nitrogens is 2. The third-order valence-corrected chi connectivity index (χ3v) is 3.78. The number of para-hydroxylation sites is 1. The van der Waals surface area contributed by atoms with Crippen molar-refractivity contribution < 1.29 is 13.9 Å². The third kappa shape index (κ3) is 1.88. The number of imidazole rings is 1. The van der Waals surface area contributed by atoms with Crippen LogP contribution in [0, 0.1) is 11.6 Å². The first kappa shape index (κ1) is 12.3. The van der Waals surface area contributed by atoms with E-state index in [1.807, 2.05) is 10.6 Å². The number of halogens is 2. The molecule has 1 aromatic heterocycles. The van der Waals surface area contributed by atoms with Crippen molar-refractivity contribution in [3.8, 4) is 17.1 Å². The Kier molecular flexibility index (Phi) is 2.51. The minimum absolute atomic E-state index is 0.187. The number of fused-ring (bicyclic) bond motifs is 1. The number of phenols is 1. The van der Waals surface area contributed by atoms with Gasteiger partial charge in [-0.2, -0.15) is 0 Å². The van der Waals surface area contributed by atoms with Gasteiger partial charge in [0, 0.05) is 12.1 Å². The molecule has 0 amide bonds. The number of rotatable bonds is 2. The molecule has 3 nitrogen and oxygen atoms in total. The fourth-order valence-corrected chi connectivity index (χ4v) is 2.67. The van der Waals surface area contributed by atoms with Crippen LogP contribution in [0.5, 0.6) is 5.75 Å². The highest BCUT2D eigenvalue weighted by atomic mass is 19.1. The van der Waals surface area contributed by atoms with Gasteiger partial charge in [0.25, 0.3) is 0 Å². The summed E-state index contributed by atoms with van der Waals surface area (Å²) < 4.78 is 29.0. The molecular weight excluding hydrogens is 274 g/mol. The lowest BCUT2D eigenvalue weighted by Gasteiger charge is -2.09. The predicted molar refractivity (Wildman–Crippen MR) is 75.0 cm³/mol. The lowest BCUT2D eigenvalue weighted by molar-refractivity contribution is 0.470. The van der Waals surface area contributed by atoms with Crippen LogP contribution in [0.3, 0.4) is 0 Å². The van der Waals surface area contributed by atoms with Crippen molar-refractivity contribution in [1.29, 1.82) is 0 Å². The molecule has 0 atom stereocenters. The maximum Gasteiger partial charge on any atom is 0.151 e. The van der Waals surface area contributed by atoms with E-state index in [1.165, 1.54) is 18.2 Å². The van der Waals surface area contributed by atoms with E-state index in [1.54, 1.807) is 6.07 Å². The number of hydrogen-bond acceptors (Lipinski definition) is 2. The Morgan fingerprint density at radius 2 is 1.95 bits per heavy atom. The SMILES string of the molecule is Oc1cc(F)ccc1-c1nc2c(F)cccc2n1C1CC1. The highest BCUT2D eigenvalue weighted by molar-refractivity contribution is 5.82. The van der Waals surface area contributed by atoms with E-state index < -0.39 is 11.6 Å². The zero-order valence-corrected chi connectivity index (χ0v) is 11.1. The molecule has 1 aliphatic carbocycles. The molecule has 4 rings (SSSR count). The topological polar surface area (TPSA) is 38.1 Å². The van der Waals surface area contributed by atoms with Gasteiger partial charge in [0.15, 0.2) is 5.82 Å². The average Bonchev–Trinajstić information content (AvgIpc) is 3.20. The maximum absolute atomic E-state index is 13.9. The van der Waals surface area contributed by atoms with Crippen molar-refractivity contribution >= 4 is 11.0 Å². The Morgan fingerprint density at radius 1 is 1.14 bits per heavy atom. The van der Waals surface area contributed by atoms with Gasteiger partial charge in [0.1, 0.15) is 22.9 Å². The second-order valence-electron chi connectivity index (χ2n) is 5.31. The molecule has 0 bridgehead atoms. The van der Waals surface area contributed by atoms with Gasteiger partial charge in [-0.25, -0.2) is 13.8 Å². The zero-order chi connectivity index (χ0) is 14.6. The molecule has 1 N–H and O–H groups in total. The van der Waals surface area contributed by atoms with E-state index in [0.29, 0.717) is 16.9 Å². The maximum atomic E-state index is 13.9. The van der Waals surface area contributed by atoms with E-state index >= 15 is 0 Å². The first-order valence-corrected chi connectivity index (χ1v) is 6.80. The molecule has 3 aromatic rings. The number of aromatic hydroxyl groups is 1. The molecule has 21 heavy (non-hydrogen) atoms. The smallest absolute Gasteiger partial charge is 0.151 e. The second kappa shape index (κ2) is 4.28. The summed E-state index contributed by atoms with van der Waals surface area (Å²) in [6.45, 7) is 0. The van der Waals surface area contributed by atoms with Gasteiger partial charge in [-0.1, -0.05) is 6.07 Å². The summed E-state index contributed by atoms with van der Waals surface area (Å²) in [7, 11) is 0. The summed E-state index contributed by atoms with van der Waals surface area (Å²) in [6.07, 6.45) is 1.99. The molecule has 1 heterocycles. The molecule has 1 saturated carbocycles. The minimum Gasteiger partial charge on any atom is -0.507 e. The zero-order valence-electron chi connectivity index (χ0n) is 11.1. The van der Waals surface area contributed by atoms with Crippen molar-refractivity contribution in [2.75, 3.05) is 0 Å². The molecule has 1 aliphatic rings. The van der Waals surface area contributed by atoms with Gasteiger partial charge >= 0.3 is 0 Å². The molecule has 1 fully saturated rings. The second-order valence-corrected chi connectivity index (χ2v) is 5.31. The van der Waals surface area contributed by atoms with Gasteiger partial charge in [-0.15, -0.1) is 0 Å². The van der Waals surface area contributed by atoms with Crippen LogP contribution in [-0.4, -0.2) is 14.7 Å². The molecule has 106 valence electrons. The van der Waals surface area contributed by atoms with Crippen molar-refractivity contribution in [3.63, 3.8) is 0 Å². The molecule has 0 aliphatic heterocycles. The van der Waals surface area contributed by atoms with Gasteiger partial charge < -0.3 is 9.67 Å². The van der Waals surface area contributed by atoms with Crippen LogP contribution in [0.15, 0.2) is 36.4 Å². The van der Waals surface area contributed by atoms with E-state index in [0.717, 1.165) is 18.9 Å². The normalized spacial score (nSPS) is 14.8. The highest BCUT2D eigenvalue weighted by Crippen LogP contribution is 2.43. The number of hydrogen-bond donors (Lipinski definition) is 1. The Morgan fingerprint density at radius 3 is 2.67 bits per heavy atom. The van der Waals surface area contributed by atoms with Gasteiger partial charge in [0.2, 0.25) is 0 Å². The van der Waals surface area contributed by atoms with E-state index in [-0.39, 0.29) is 17.3 Å². The van der Waals surface area contributed by atoms with Crippen LogP contribution in [0.2, 0.25) is 0 Å². The first-order valence-electron chi connectivity index (χ1n) is 6.80. The summed E-state index contributed by atoms with van der Waals surface area (Å²) >= 11 is 0. The molecule has 0 saturated heterocycles. The number of phenolic OH excluding ortho intramolecular Hbond substituents is 1. The summed E-state index contributed by atoms with van der Waals surface area (Å²) in [4.78, 5) is 4.34. The van der Waals surface area contributed by atoms with Gasteiger partial charge in [-0.3, -0.25) is 0 Å². The fourth-order valence-electron chi connectivity index (χ4n) is 2.67. The monoisotopic (exact) mass is 286 g/mol. The molecule has 5 heteroatoms. The summed E-state index contributed by atoms with van der Waals surface area (Å²) in [5.41, 5.74) is 1.40. The fraction of sp³-hybridized carbons (Fsp3) is 0.188. The third-order valence-electron chi connectivity index (χ3n) is 3.78. The van der Waals surface area contributed by atoms with Crippen molar-refractivity contribution in [1.82, 2.24) is 9.55 Å². The van der Waals surface area contributed by atoms with Crippen LogP contribution in [0.25, 0.3) is 22.4 Å². The minimum atomic E-state index is -0.517. The van der Waals surface area contributed by atoms with Crippen LogP contribution < -0.4 is 0 Å². The highest BCUT2D eigenvalue weighted by Gasteiger charge is 2.30. The summed E-state index contributed by atoms with van der Waals surface area (Å²) in [5, 5.41) is 9.98. The van der Waals surface area contributed by atoms with Crippen molar-refractivity contribution in [3.05, 3.63) is 48.0 Å². The van der Waals surface area contributed by atoms with E-state index in [9.17, 15) is 13.9 Å². The lowest BCUT2D eigenvalue weighted by atomic mass is 10.2. The summed E-state index contributed by atoms with van der Waals surface area (Å²) in [6, 6.07) is 8.87. The Balaban J connectivity index is 2.03. The predicted octanol–water partition coefficient (Wildman–Crippen LogP) is 4.02. The quantitative estimate of drug-likeness (QED) is 0.772. The molecule has 0 spiro atoms. The summed E-state index contributed by atoms with van der Waals surface area (Å²) in [5.74, 6) is -0.617. The van der Waals surface area contributed by atoms with Crippen LogP contribution >= 0.6 is 0 Å².